The molecular formula is C21H26ClN3O3. The smallest absolute Gasteiger partial charge is 0.227 e. The van der Waals surface area contributed by atoms with Gasteiger partial charge in [0.25, 0.3) is 0 Å². The third kappa shape index (κ3) is 4.88. The predicted octanol–water partition coefficient (Wildman–Crippen LogP) is 3.79. The normalized spacial score (nSPS) is 15.2. The highest BCUT2D eigenvalue weighted by Crippen LogP contribution is 2.33. The average Bonchev–Trinajstić information content (AvgIpc) is 2.71. The van der Waals surface area contributed by atoms with Gasteiger partial charge in [-0.1, -0.05) is 23.7 Å². The van der Waals surface area contributed by atoms with Gasteiger partial charge in [0.05, 0.1) is 30.6 Å². The predicted molar refractivity (Wildman–Crippen MR) is 112 cm³/mol. The molecule has 0 spiro atoms. The third-order valence-electron chi connectivity index (χ3n) is 5.08. The van der Waals surface area contributed by atoms with Crippen LogP contribution < -0.4 is 20.5 Å². The van der Waals surface area contributed by atoms with Crippen molar-refractivity contribution in [2.45, 2.75) is 19.4 Å². The van der Waals surface area contributed by atoms with E-state index < -0.39 is 0 Å². The molecule has 1 aliphatic rings. The highest BCUT2D eigenvalue weighted by molar-refractivity contribution is 6.33. The van der Waals surface area contributed by atoms with Crippen molar-refractivity contribution in [2.24, 2.45) is 5.92 Å². The zero-order valence-electron chi connectivity index (χ0n) is 16.2. The molecule has 1 amide bonds. The molecule has 1 heterocycles. The summed E-state index contributed by atoms with van der Waals surface area (Å²) >= 11 is 6.08. The summed E-state index contributed by atoms with van der Waals surface area (Å²) in [6, 6.07) is 11.3. The van der Waals surface area contributed by atoms with E-state index >= 15 is 0 Å². The standard InChI is InChI=1S/C21H26ClN3O3/c1-27-16-5-3-4-14(10-16)13-25-8-6-15(7-9-25)21(26)24-19-11-17(22)18(23)12-20(19)28-2/h3-5,10-12,15H,6-9,13,23H2,1-2H3,(H,24,26). The van der Waals surface area contributed by atoms with Crippen LogP contribution in [-0.4, -0.2) is 38.1 Å². The van der Waals surface area contributed by atoms with Crippen LogP contribution in [0.3, 0.4) is 0 Å². The number of nitrogens with zero attached hydrogens (tertiary/aromatic N) is 1. The lowest BCUT2D eigenvalue weighted by Crippen LogP contribution is -2.37. The summed E-state index contributed by atoms with van der Waals surface area (Å²) in [4.78, 5) is 15.1. The lowest BCUT2D eigenvalue weighted by molar-refractivity contribution is -0.121. The number of methoxy groups -OCH3 is 2. The molecule has 28 heavy (non-hydrogen) atoms. The quantitative estimate of drug-likeness (QED) is 0.717. The number of benzene rings is 2. The summed E-state index contributed by atoms with van der Waals surface area (Å²) in [6.45, 7) is 2.59. The summed E-state index contributed by atoms with van der Waals surface area (Å²) in [7, 11) is 3.21. The van der Waals surface area contributed by atoms with Crippen LogP contribution in [0.2, 0.25) is 5.02 Å². The van der Waals surface area contributed by atoms with Crippen LogP contribution in [0, 0.1) is 5.92 Å². The molecule has 0 bridgehead atoms. The lowest BCUT2D eigenvalue weighted by Gasteiger charge is -2.31. The maximum Gasteiger partial charge on any atom is 0.227 e. The highest BCUT2D eigenvalue weighted by Gasteiger charge is 2.26. The molecule has 2 aromatic rings. The summed E-state index contributed by atoms with van der Waals surface area (Å²) in [6.07, 6.45) is 1.61. The van der Waals surface area contributed by atoms with Gasteiger partial charge in [-0.3, -0.25) is 9.69 Å². The number of carbonyl (C=O) groups is 1. The van der Waals surface area contributed by atoms with E-state index in [1.807, 2.05) is 12.1 Å². The van der Waals surface area contributed by atoms with E-state index in [2.05, 4.69) is 22.3 Å². The minimum absolute atomic E-state index is 0.0137. The van der Waals surface area contributed by atoms with Gasteiger partial charge in [-0.15, -0.1) is 0 Å². The number of piperidine rings is 1. The SMILES string of the molecule is COc1cccc(CN2CCC(C(=O)Nc3cc(Cl)c(N)cc3OC)CC2)c1. The first-order valence-electron chi connectivity index (χ1n) is 9.29. The van der Waals surface area contributed by atoms with Crippen molar-refractivity contribution in [3.05, 3.63) is 47.0 Å². The van der Waals surface area contributed by atoms with Gasteiger partial charge >= 0.3 is 0 Å². The zero-order chi connectivity index (χ0) is 20.1. The van der Waals surface area contributed by atoms with Crippen molar-refractivity contribution in [2.75, 3.05) is 38.4 Å². The first-order chi connectivity index (χ1) is 13.5. The van der Waals surface area contributed by atoms with E-state index in [9.17, 15) is 4.79 Å². The first kappa shape index (κ1) is 20.3. The Bertz CT molecular complexity index is 836. The Kier molecular flexibility index (Phi) is 6.65. The van der Waals surface area contributed by atoms with Crippen LogP contribution in [0.15, 0.2) is 36.4 Å². The number of amides is 1. The van der Waals surface area contributed by atoms with E-state index in [-0.39, 0.29) is 11.8 Å². The molecule has 7 heteroatoms. The molecule has 0 unspecified atom stereocenters. The Morgan fingerprint density at radius 3 is 2.64 bits per heavy atom. The maximum atomic E-state index is 12.7. The van der Waals surface area contributed by atoms with Crippen LogP contribution in [0.1, 0.15) is 18.4 Å². The van der Waals surface area contributed by atoms with Crippen molar-refractivity contribution < 1.29 is 14.3 Å². The van der Waals surface area contributed by atoms with E-state index in [1.54, 1.807) is 19.2 Å². The number of nitrogens with one attached hydrogen (secondary N) is 1. The molecule has 3 N–H and O–H groups in total. The molecule has 0 radical (unpaired) electrons. The van der Waals surface area contributed by atoms with Gasteiger partial charge in [0.2, 0.25) is 5.91 Å². The second-order valence-electron chi connectivity index (χ2n) is 6.97. The number of nitrogen functional groups attached to an aromatic ring is 1. The molecule has 3 rings (SSSR count). The molecule has 150 valence electrons. The fourth-order valence-corrected chi connectivity index (χ4v) is 3.62. The molecular weight excluding hydrogens is 378 g/mol. The number of halogens is 1. The Morgan fingerprint density at radius 1 is 1.21 bits per heavy atom. The molecule has 0 atom stereocenters. The lowest BCUT2D eigenvalue weighted by atomic mass is 9.95. The Hall–Kier alpha value is -2.44. The monoisotopic (exact) mass is 403 g/mol. The number of anilines is 2. The highest BCUT2D eigenvalue weighted by atomic mass is 35.5. The van der Waals surface area contributed by atoms with Crippen LogP contribution in [0.25, 0.3) is 0 Å². The van der Waals surface area contributed by atoms with Crippen molar-refractivity contribution in [1.82, 2.24) is 4.90 Å². The number of carbonyl (C=O) groups excluding carboxylic acids is 1. The molecule has 1 aliphatic heterocycles. The fourth-order valence-electron chi connectivity index (χ4n) is 3.45. The van der Waals surface area contributed by atoms with Gasteiger partial charge in [0.15, 0.2) is 0 Å². The number of ether oxygens (including phenoxy) is 2. The van der Waals surface area contributed by atoms with Gasteiger partial charge in [0, 0.05) is 18.5 Å². The largest absolute Gasteiger partial charge is 0.497 e. The number of hydrogen-bond donors (Lipinski definition) is 2. The molecule has 2 aromatic carbocycles. The maximum absolute atomic E-state index is 12.7. The van der Waals surface area contributed by atoms with Gasteiger partial charge in [-0.2, -0.15) is 0 Å². The second-order valence-corrected chi connectivity index (χ2v) is 7.37. The molecule has 0 saturated carbocycles. The fraction of sp³-hybridized carbons (Fsp3) is 0.381. The number of likely N-dealkylation sites (tertiary alicyclic amines) is 1. The molecule has 1 fully saturated rings. The second kappa shape index (κ2) is 9.17. The van der Waals surface area contributed by atoms with Gasteiger partial charge in [0.1, 0.15) is 11.5 Å². The van der Waals surface area contributed by atoms with Crippen molar-refractivity contribution in [3.63, 3.8) is 0 Å². The van der Waals surface area contributed by atoms with E-state index in [0.717, 1.165) is 38.2 Å². The molecule has 1 saturated heterocycles. The van der Waals surface area contributed by atoms with Crippen LogP contribution in [0.5, 0.6) is 11.5 Å². The average molecular weight is 404 g/mol. The summed E-state index contributed by atoms with van der Waals surface area (Å²) in [5.74, 6) is 1.32. The Labute approximate surface area is 170 Å². The van der Waals surface area contributed by atoms with Gasteiger partial charge in [-0.05, 0) is 49.7 Å². The topological polar surface area (TPSA) is 76.8 Å². The van der Waals surface area contributed by atoms with Crippen molar-refractivity contribution in [1.29, 1.82) is 0 Å². The van der Waals surface area contributed by atoms with E-state index in [1.165, 1.54) is 12.7 Å². The third-order valence-corrected chi connectivity index (χ3v) is 5.40. The Balaban J connectivity index is 1.56. The number of rotatable bonds is 6. The minimum atomic E-state index is -0.0393. The van der Waals surface area contributed by atoms with Crippen LogP contribution in [-0.2, 0) is 11.3 Å². The summed E-state index contributed by atoms with van der Waals surface area (Å²) in [5.41, 5.74) is 7.97. The number of nitrogens with two attached hydrogens (primary N) is 1. The van der Waals surface area contributed by atoms with E-state index in [4.69, 9.17) is 26.8 Å². The van der Waals surface area contributed by atoms with Crippen molar-refractivity contribution in [3.8, 4) is 11.5 Å². The van der Waals surface area contributed by atoms with Gasteiger partial charge < -0.3 is 20.5 Å². The minimum Gasteiger partial charge on any atom is -0.497 e. The van der Waals surface area contributed by atoms with Crippen LogP contribution in [0.4, 0.5) is 11.4 Å². The van der Waals surface area contributed by atoms with E-state index in [0.29, 0.717) is 22.1 Å². The van der Waals surface area contributed by atoms with Gasteiger partial charge in [-0.25, -0.2) is 0 Å². The van der Waals surface area contributed by atoms with Crippen LogP contribution >= 0.6 is 11.6 Å². The van der Waals surface area contributed by atoms with Crippen molar-refractivity contribution >= 4 is 28.9 Å². The molecule has 0 aliphatic carbocycles. The summed E-state index contributed by atoms with van der Waals surface area (Å²) in [5, 5.41) is 3.33. The first-order valence-corrected chi connectivity index (χ1v) is 9.67. The molecule has 0 aromatic heterocycles. The zero-order valence-corrected chi connectivity index (χ0v) is 17.0. The number of hydrogen-bond acceptors (Lipinski definition) is 5. The summed E-state index contributed by atoms with van der Waals surface area (Å²) < 4.78 is 10.6. The molecule has 6 nitrogen and oxygen atoms in total. The Morgan fingerprint density at radius 2 is 1.96 bits per heavy atom.